The Bertz CT molecular complexity index is 177. The average Bonchev–Trinajstić information content (AvgIpc) is 2.23. The molecular formula is C11H22O2Sn. The molecule has 0 saturated heterocycles. The Kier molecular flexibility index (Phi) is 7.32. The Morgan fingerprint density at radius 3 is 2.14 bits per heavy atom. The van der Waals surface area contributed by atoms with Crippen LogP contribution in [0.15, 0.2) is 12.7 Å². The van der Waals surface area contributed by atoms with E-state index in [1.54, 1.807) is 6.08 Å². The van der Waals surface area contributed by atoms with Crippen LogP contribution in [0.2, 0.25) is 17.7 Å². The van der Waals surface area contributed by atoms with E-state index >= 15 is 0 Å². The molecule has 0 rings (SSSR count). The molecule has 0 bridgehead atoms. The standard InChI is InChI=1S/C5H7O2.3C2H5.Sn/c1-3-4-7-5(2)6;3*1-2;/h3H,1-2,4H2;3*1H2,2H3;. The zero-order valence-electron chi connectivity index (χ0n) is 9.64. The van der Waals surface area contributed by atoms with Gasteiger partial charge in [0.1, 0.15) is 0 Å². The van der Waals surface area contributed by atoms with E-state index in [2.05, 4.69) is 27.4 Å². The van der Waals surface area contributed by atoms with Crippen molar-refractivity contribution in [3.8, 4) is 0 Å². The van der Waals surface area contributed by atoms with Crippen LogP contribution in [0.1, 0.15) is 20.8 Å². The van der Waals surface area contributed by atoms with Crippen molar-refractivity contribution in [3.63, 3.8) is 0 Å². The number of carbonyl (C=O) groups excluding carboxylic acids is 1. The average molecular weight is 305 g/mol. The van der Waals surface area contributed by atoms with E-state index in [1.165, 1.54) is 13.3 Å². The predicted octanol–water partition coefficient (Wildman–Crippen LogP) is 3.22. The van der Waals surface area contributed by atoms with E-state index in [-0.39, 0.29) is 5.97 Å². The summed E-state index contributed by atoms with van der Waals surface area (Å²) in [4.78, 5) is 11.5. The number of carbonyl (C=O) groups is 1. The Labute approximate surface area is 91.6 Å². The predicted molar refractivity (Wildman–Crippen MR) is 63.2 cm³/mol. The Balaban J connectivity index is 4.14. The van der Waals surface area contributed by atoms with Crippen LogP contribution in [0, 0.1) is 0 Å². The fourth-order valence-corrected chi connectivity index (χ4v) is 10.1. The summed E-state index contributed by atoms with van der Waals surface area (Å²) in [6.45, 7) is 10.6. The van der Waals surface area contributed by atoms with Gasteiger partial charge in [-0.1, -0.05) is 0 Å². The minimum atomic E-state index is -2.10. The number of hydrogen-bond donors (Lipinski definition) is 0. The monoisotopic (exact) mass is 306 g/mol. The zero-order chi connectivity index (χ0) is 11.0. The molecule has 0 aromatic heterocycles. The van der Waals surface area contributed by atoms with Crippen LogP contribution >= 0.6 is 0 Å². The molecule has 0 aromatic carbocycles. The van der Waals surface area contributed by atoms with Gasteiger partial charge in [0.05, 0.1) is 0 Å². The van der Waals surface area contributed by atoms with Gasteiger partial charge < -0.3 is 0 Å². The number of ether oxygens (including phenoxy) is 1. The van der Waals surface area contributed by atoms with E-state index in [9.17, 15) is 4.79 Å². The molecule has 14 heavy (non-hydrogen) atoms. The third-order valence-corrected chi connectivity index (χ3v) is 18.9. The summed E-state index contributed by atoms with van der Waals surface area (Å²) < 4.78 is 9.51. The van der Waals surface area contributed by atoms with Gasteiger partial charge >= 0.3 is 91.7 Å². The summed E-state index contributed by atoms with van der Waals surface area (Å²) in [5, 5.41) is 0. The number of rotatable bonds is 7. The second-order valence-corrected chi connectivity index (χ2v) is 19.3. The third kappa shape index (κ3) is 4.49. The Hall–Kier alpha value is 0.00870. The van der Waals surface area contributed by atoms with Crippen LogP contribution < -0.4 is 0 Å². The van der Waals surface area contributed by atoms with E-state index in [0.29, 0.717) is 6.61 Å². The third-order valence-electron chi connectivity index (χ3n) is 3.13. The van der Waals surface area contributed by atoms with Gasteiger partial charge in [0, 0.05) is 0 Å². The van der Waals surface area contributed by atoms with E-state index in [0.717, 1.165) is 4.44 Å². The second kappa shape index (κ2) is 7.32. The number of hydrogen-bond acceptors (Lipinski definition) is 2. The van der Waals surface area contributed by atoms with Crippen LogP contribution in [0.5, 0.6) is 0 Å². The van der Waals surface area contributed by atoms with E-state index in [1.807, 2.05) is 0 Å². The molecule has 82 valence electrons. The van der Waals surface area contributed by atoms with Gasteiger partial charge in [0.25, 0.3) is 0 Å². The molecule has 0 spiro atoms. The van der Waals surface area contributed by atoms with Gasteiger partial charge in [-0.25, -0.2) is 0 Å². The second-order valence-electron chi connectivity index (χ2n) is 3.71. The van der Waals surface area contributed by atoms with Crippen molar-refractivity contribution in [3.05, 3.63) is 12.7 Å². The van der Waals surface area contributed by atoms with E-state index in [4.69, 9.17) is 4.74 Å². The summed E-state index contributed by atoms with van der Waals surface area (Å²) in [6.07, 6.45) is 1.62. The van der Waals surface area contributed by atoms with Crippen molar-refractivity contribution in [2.75, 3.05) is 6.61 Å². The molecule has 0 aliphatic carbocycles. The van der Waals surface area contributed by atoms with Gasteiger partial charge in [-0.2, -0.15) is 0 Å². The summed E-state index contributed by atoms with van der Waals surface area (Å²) in [6, 6.07) is 0. The van der Waals surface area contributed by atoms with Crippen LogP contribution in [0.3, 0.4) is 0 Å². The van der Waals surface area contributed by atoms with Crippen molar-refractivity contribution < 1.29 is 9.53 Å². The zero-order valence-corrected chi connectivity index (χ0v) is 12.5. The van der Waals surface area contributed by atoms with Crippen molar-refractivity contribution in [2.45, 2.75) is 38.5 Å². The van der Waals surface area contributed by atoms with Crippen LogP contribution in [-0.2, 0) is 9.53 Å². The Morgan fingerprint density at radius 1 is 1.29 bits per heavy atom. The molecule has 3 heteroatoms. The van der Waals surface area contributed by atoms with Crippen LogP contribution in [-0.4, -0.2) is 31.0 Å². The van der Waals surface area contributed by atoms with Crippen molar-refractivity contribution in [2.24, 2.45) is 0 Å². The molecule has 0 heterocycles. The molecular weight excluding hydrogens is 283 g/mol. The van der Waals surface area contributed by atoms with Gasteiger partial charge in [0.15, 0.2) is 0 Å². The fraction of sp³-hybridized carbons (Fsp3) is 0.727. The van der Waals surface area contributed by atoms with Crippen LogP contribution in [0.4, 0.5) is 0 Å². The molecule has 0 amide bonds. The molecule has 0 saturated carbocycles. The molecule has 0 aromatic rings. The number of esters is 1. The summed E-state index contributed by atoms with van der Waals surface area (Å²) >= 11 is -2.10. The molecule has 0 atom stereocenters. The van der Waals surface area contributed by atoms with Gasteiger partial charge in [-0.15, -0.1) is 0 Å². The molecule has 0 aliphatic heterocycles. The first-order valence-electron chi connectivity index (χ1n) is 5.40. The van der Waals surface area contributed by atoms with Gasteiger partial charge in [-0.05, 0) is 0 Å². The molecule has 0 N–H and O–H groups in total. The SMILES string of the molecule is C=CCOC(=O)[CH2][Sn]([CH2]C)([CH2]C)[CH2]C. The quantitative estimate of drug-likeness (QED) is 0.410. The molecule has 0 fully saturated rings. The first kappa shape index (κ1) is 14.0. The summed E-state index contributed by atoms with van der Waals surface area (Å²) in [7, 11) is 0. The van der Waals surface area contributed by atoms with E-state index < -0.39 is 18.4 Å². The minimum absolute atomic E-state index is 0.00810. The van der Waals surface area contributed by atoms with Crippen LogP contribution in [0.25, 0.3) is 0 Å². The Morgan fingerprint density at radius 2 is 1.79 bits per heavy atom. The van der Waals surface area contributed by atoms with Crippen molar-refractivity contribution >= 4 is 24.3 Å². The normalized spacial score (nSPS) is 11.1. The molecule has 0 unspecified atom stereocenters. The molecule has 0 aliphatic rings. The first-order valence-corrected chi connectivity index (χ1v) is 13.5. The molecule has 0 radical (unpaired) electrons. The van der Waals surface area contributed by atoms with Gasteiger partial charge in [0.2, 0.25) is 0 Å². The summed E-state index contributed by atoms with van der Waals surface area (Å²) in [5.74, 6) is -0.00810. The molecule has 2 nitrogen and oxygen atoms in total. The topological polar surface area (TPSA) is 26.3 Å². The maximum absolute atomic E-state index is 11.5. The fourth-order valence-electron chi connectivity index (χ4n) is 1.63. The summed E-state index contributed by atoms with van der Waals surface area (Å²) in [5.41, 5.74) is 0. The van der Waals surface area contributed by atoms with Gasteiger partial charge in [-0.3, -0.25) is 0 Å². The van der Waals surface area contributed by atoms with Crippen molar-refractivity contribution in [1.82, 2.24) is 0 Å². The van der Waals surface area contributed by atoms with Crippen molar-refractivity contribution in [1.29, 1.82) is 0 Å². The first-order chi connectivity index (χ1) is 6.64. The maximum atomic E-state index is 11.5.